The summed E-state index contributed by atoms with van der Waals surface area (Å²) < 4.78 is 13.2. The van der Waals surface area contributed by atoms with E-state index in [9.17, 15) is 14.5 Å². The van der Waals surface area contributed by atoms with Crippen LogP contribution in [0.15, 0.2) is 17.6 Å². The fraction of sp³-hybridized carbons (Fsp3) is 0.182. The second kappa shape index (κ2) is 5.50. The lowest BCUT2D eigenvalue weighted by molar-refractivity contribution is -0.384. The first-order chi connectivity index (χ1) is 8.99. The highest BCUT2D eigenvalue weighted by Crippen LogP contribution is 2.31. The molecule has 0 unspecified atom stereocenters. The number of aromatic nitrogens is 1. The topological polar surface area (TPSA) is 68.1 Å². The summed E-state index contributed by atoms with van der Waals surface area (Å²) >= 11 is 7.07. The number of nitro benzene ring substituents is 1. The van der Waals surface area contributed by atoms with Gasteiger partial charge >= 0.3 is 0 Å². The van der Waals surface area contributed by atoms with Crippen molar-refractivity contribution in [3.8, 4) is 0 Å². The molecule has 8 heteroatoms. The third-order valence-corrected chi connectivity index (χ3v) is 3.74. The first-order valence-corrected chi connectivity index (χ1v) is 6.51. The summed E-state index contributed by atoms with van der Waals surface area (Å²) in [5, 5.41) is 13.6. The van der Waals surface area contributed by atoms with Crippen LogP contribution in [0.1, 0.15) is 10.6 Å². The van der Waals surface area contributed by atoms with E-state index in [1.165, 1.54) is 17.4 Å². The molecule has 0 saturated carbocycles. The van der Waals surface area contributed by atoms with Gasteiger partial charge < -0.3 is 5.32 Å². The number of benzene rings is 1. The fourth-order valence-electron chi connectivity index (χ4n) is 1.50. The smallest absolute Gasteiger partial charge is 0.295 e. The highest BCUT2D eigenvalue weighted by molar-refractivity contribution is 7.09. The van der Waals surface area contributed by atoms with Gasteiger partial charge in [0.05, 0.1) is 33.8 Å². The van der Waals surface area contributed by atoms with E-state index in [1.54, 1.807) is 5.51 Å². The summed E-state index contributed by atoms with van der Waals surface area (Å²) in [6.07, 6.45) is 0. The van der Waals surface area contributed by atoms with Crippen molar-refractivity contribution >= 4 is 34.3 Å². The molecule has 0 aliphatic heterocycles. The molecule has 0 radical (unpaired) electrons. The lowest BCUT2D eigenvalue weighted by Gasteiger charge is -2.07. The highest BCUT2D eigenvalue weighted by Gasteiger charge is 2.18. The summed E-state index contributed by atoms with van der Waals surface area (Å²) in [6, 6.07) is 2.02. The second-order valence-electron chi connectivity index (χ2n) is 3.76. The van der Waals surface area contributed by atoms with Gasteiger partial charge in [-0.25, -0.2) is 9.37 Å². The number of nitrogens with one attached hydrogen (secondary N) is 1. The number of halogens is 2. The first-order valence-electron chi connectivity index (χ1n) is 5.25. The number of hydrogen-bond donors (Lipinski definition) is 1. The van der Waals surface area contributed by atoms with Crippen molar-refractivity contribution in [1.82, 2.24) is 4.98 Å². The van der Waals surface area contributed by atoms with Gasteiger partial charge in [-0.05, 0) is 13.0 Å². The zero-order chi connectivity index (χ0) is 14.0. The number of nitro groups is 1. The molecule has 0 aliphatic rings. The zero-order valence-electron chi connectivity index (χ0n) is 9.81. The highest BCUT2D eigenvalue weighted by atomic mass is 35.5. The Bertz CT molecular complexity index is 632. The van der Waals surface area contributed by atoms with Gasteiger partial charge in [-0.2, -0.15) is 0 Å². The molecule has 0 bridgehead atoms. The van der Waals surface area contributed by atoms with Crippen molar-refractivity contribution in [3.63, 3.8) is 0 Å². The number of anilines is 1. The van der Waals surface area contributed by atoms with E-state index in [0.717, 1.165) is 16.6 Å². The Morgan fingerprint density at radius 1 is 1.58 bits per heavy atom. The standard InChI is InChI=1S/C11H9ClFN3O2S/c1-6-11(19-5-15-6)4-14-9-2-7(12)8(13)3-10(9)16(17)18/h2-3,5,14H,4H2,1H3. The van der Waals surface area contributed by atoms with Crippen LogP contribution < -0.4 is 5.32 Å². The maximum Gasteiger partial charge on any atom is 0.295 e. The van der Waals surface area contributed by atoms with Gasteiger partial charge in [-0.1, -0.05) is 11.6 Å². The number of rotatable bonds is 4. The molecule has 2 aromatic rings. The maximum atomic E-state index is 13.2. The first kappa shape index (κ1) is 13.7. The molecule has 1 aromatic heterocycles. The van der Waals surface area contributed by atoms with Crippen molar-refractivity contribution in [1.29, 1.82) is 0 Å². The lowest BCUT2D eigenvalue weighted by Crippen LogP contribution is -2.03. The largest absolute Gasteiger partial charge is 0.374 e. The van der Waals surface area contributed by atoms with Gasteiger partial charge in [0.2, 0.25) is 0 Å². The summed E-state index contributed by atoms with van der Waals surface area (Å²) in [5.74, 6) is -0.812. The Hall–Kier alpha value is -1.73. The van der Waals surface area contributed by atoms with Crippen LogP contribution in [0, 0.1) is 22.9 Å². The summed E-state index contributed by atoms with van der Waals surface area (Å²) in [5.41, 5.74) is 2.39. The van der Waals surface area contributed by atoms with E-state index in [-0.39, 0.29) is 16.4 Å². The summed E-state index contributed by atoms with van der Waals surface area (Å²) in [6.45, 7) is 2.22. The quantitative estimate of drug-likeness (QED) is 0.689. The minimum atomic E-state index is -0.812. The third-order valence-electron chi connectivity index (χ3n) is 2.52. The molecule has 19 heavy (non-hydrogen) atoms. The second-order valence-corrected chi connectivity index (χ2v) is 5.10. The lowest BCUT2D eigenvalue weighted by atomic mass is 10.2. The molecule has 1 heterocycles. The predicted octanol–water partition coefficient (Wildman–Crippen LogP) is 3.76. The van der Waals surface area contributed by atoms with Crippen LogP contribution in [-0.2, 0) is 6.54 Å². The molecule has 0 amide bonds. The number of thiazole rings is 1. The maximum absolute atomic E-state index is 13.2. The van der Waals surface area contributed by atoms with Crippen LogP contribution in [0.4, 0.5) is 15.8 Å². The van der Waals surface area contributed by atoms with Gasteiger partial charge in [0.1, 0.15) is 11.5 Å². The van der Waals surface area contributed by atoms with Gasteiger partial charge in [-0.15, -0.1) is 11.3 Å². The average Bonchev–Trinajstić information content (AvgIpc) is 2.75. The zero-order valence-corrected chi connectivity index (χ0v) is 11.4. The molecule has 1 aromatic carbocycles. The van der Waals surface area contributed by atoms with Gasteiger partial charge in [-0.3, -0.25) is 10.1 Å². The Morgan fingerprint density at radius 3 is 2.89 bits per heavy atom. The van der Waals surface area contributed by atoms with E-state index in [2.05, 4.69) is 10.3 Å². The van der Waals surface area contributed by atoms with E-state index >= 15 is 0 Å². The number of nitrogens with zero attached hydrogens (tertiary/aromatic N) is 2. The average molecular weight is 302 g/mol. The van der Waals surface area contributed by atoms with E-state index in [1.807, 2.05) is 6.92 Å². The Balaban J connectivity index is 2.26. The SMILES string of the molecule is Cc1ncsc1CNc1cc(Cl)c(F)cc1[N+](=O)[O-]. The summed E-state index contributed by atoms with van der Waals surface area (Å²) in [7, 11) is 0. The van der Waals surface area contributed by atoms with Crippen LogP contribution >= 0.6 is 22.9 Å². The molecule has 0 saturated heterocycles. The van der Waals surface area contributed by atoms with Crippen LogP contribution in [0.5, 0.6) is 0 Å². The molecular weight excluding hydrogens is 293 g/mol. The molecule has 0 fully saturated rings. The van der Waals surface area contributed by atoms with E-state index < -0.39 is 10.7 Å². The minimum Gasteiger partial charge on any atom is -0.374 e. The van der Waals surface area contributed by atoms with Crippen molar-refractivity contribution in [2.75, 3.05) is 5.32 Å². The molecule has 1 N–H and O–H groups in total. The van der Waals surface area contributed by atoms with E-state index in [0.29, 0.717) is 6.54 Å². The van der Waals surface area contributed by atoms with Gasteiger partial charge in [0.25, 0.3) is 5.69 Å². The monoisotopic (exact) mass is 301 g/mol. The predicted molar refractivity (Wildman–Crippen MR) is 72.2 cm³/mol. The molecule has 0 atom stereocenters. The molecule has 0 spiro atoms. The van der Waals surface area contributed by atoms with Crippen LogP contribution in [0.2, 0.25) is 5.02 Å². The van der Waals surface area contributed by atoms with Crippen LogP contribution in [0.25, 0.3) is 0 Å². The van der Waals surface area contributed by atoms with Crippen molar-refractivity contribution in [2.24, 2.45) is 0 Å². The van der Waals surface area contributed by atoms with Crippen LogP contribution in [-0.4, -0.2) is 9.91 Å². The minimum absolute atomic E-state index is 0.158. The number of hydrogen-bond acceptors (Lipinski definition) is 5. The molecule has 5 nitrogen and oxygen atoms in total. The Morgan fingerprint density at radius 2 is 2.32 bits per heavy atom. The fourth-order valence-corrected chi connectivity index (χ4v) is 2.38. The molecule has 0 aliphatic carbocycles. The van der Waals surface area contributed by atoms with Gasteiger partial charge in [0.15, 0.2) is 0 Å². The number of aryl methyl sites for hydroxylation is 1. The van der Waals surface area contributed by atoms with Gasteiger partial charge in [0, 0.05) is 4.88 Å². The Kier molecular flexibility index (Phi) is 3.96. The summed E-state index contributed by atoms with van der Waals surface area (Å²) in [4.78, 5) is 15.2. The third kappa shape index (κ3) is 2.99. The van der Waals surface area contributed by atoms with Crippen molar-refractivity contribution < 1.29 is 9.31 Å². The normalized spacial score (nSPS) is 10.5. The van der Waals surface area contributed by atoms with Crippen LogP contribution in [0.3, 0.4) is 0 Å². The van der Waals surface area contributed by atoms with Crippen molar-refractivity contribution in [2.45, 2.75) is 13.5 Å². The molecular formula is C11H9ClFN3O2S. The van der Waals surface area contributed by atoms with E-state index in [4.69, 9.17) is 11.6 Å². The Labute approximate surface area is 117 Å². The molecule has 2 rings (SSSR count). The van der Waals surface area contributed by atoms with Crippen molar-refractivity contribution in [3.05, 3.63) is 49.2 Å². The molecule has 100 valence electrons.